The van der Waals surface area contributed by atoms with E-state index in [0.717, 1.165) is 71.9 Å². The average Bonchev–Trinajstić information content (AvgIpc) is 3.24. The number of benzene rings is 5. The topological polar surface area (TPSA) is 61.8 Å². The number of sulfone groups is 1. The minimum atomic E-state index is -3.41. The van der Waals surface area contributed by atoms with Crippen molar-refractivity contribution in [2.75, 3.05) is 6.26 Å². The summed E-state index contributed by atoms with van der Waals surface area (Å²) in [6, 6.07) is 25.4. The maximum Gasteiger partial charge on any atom is 0.530 e. The van der Waals surface area contributed by atoms with Crippen LogP contribution in [0.4, 0.5) is 0 Å². The number of hydrogen-bond donors (Lipinski definition) is 0. The summed E-state index contributed by atoms with van der Waals surface area (Å²) >= 11 is 0. The quantitative estimate of drug-likeness (QED) is 0.0773. The minimum absolute atomic E-state index is 0.00877. The van der Waals surface area contributed by atoms with Crippen LogP contribution >= 0.6 is 8.60 Å². The van der Waals surface area contributed by atoms with E-state index in [0.29, 0.717) is 5.75 Å². The van der Waals surface area contributed by atoms with Crippen molar-refractivity contribution in [2.24, 2.45) is 0 Å². The third-order valence-electron chi connectivity index (χ3n) is 15.7. The molecule has 5 rings (SSSR count). The Kier molecular flexibility index (Phi) is 14.9. The molecule has 0 saturated heterocycles. The summed E-state index contributed by atoms with van der Waals surface area (Å²) in [5.41, 5.74) is 6.79. The lowest BCUT2D eigenvalue weighted by Crippen LogP contribution is -2.22. The standard InChI is InChI=1S/C57H81O5PS/c1-20-52(7,8)40-30-38-32-48(56(15,16)24-5)50(36-44(38)46(34-40)54(11,12)22-3)61-63(60-42-26-28-43(29-27-42)64(19,58)59)62-51-37-45-39(33-49(51)57(17,18)25-6)31-41(53(9,10)21-2)35-47(45)55(13,14)23-4/h26-37H,20-25H2,1-19H3. The Morgan fingerprint density at radius 2 is 0.750 bits per heavy atom. The summed E-state index contributed by atoms with van der Waals surface area (Å²) in [5, 5.41) is 4.74. The number of fused-ring (bicyclic) bond motifs is 2. The van der Waals surface area contributed by atoms with Crippen LogP contribution in [-0.4, -0.2) is 14.7 Å². The maximum absolute atomic E-state index is 12.5. The first-order valence-electron chi connectivity index (χ1n) is 23.9. The molecule has 0 aliphatic rings. The predicted molar refractivity (Wildman–Crippen MR) is 276 cm³/mol. The molecule has 5 aromatic rings. The molecule has 0 N–H and O–H groups in total. The maximum atomic E-state index is 12.5. The summed E-state index contributed by atoms with van der Waals surface area (Å²) in [4.78, 5) is 0.224. The van der Waals surface area contributed by atoms with Gasteiger partial charge in [-0.05, 0) is 163 Å². The molecule has 350 valence electrons. The van der Waals surface area contributed by atoms with Gasteiger partial charge in [0.15, 0.2) is 9.84 Å². The van der Waals surface area contributed by atoms with E-state index in [2.05, 4.69) is 173 Å². The van der Waals surface area contributed by atoms with E-state index in [4.69, 9.17) is 13.6 Å². The molecule has 0 spiro atoms. The van der Waals surface area contributed by atoms with Crippen molar-refractivity contribution in [3.8, 4) is 17.2 Å². The fourth-order valence-corrected chi connectivity index (χ4v) is 9.77. The zero-order valence-corrected chi connectivity index (χ0v) is 44.8. The number of rotatable bonds is 19. The minimum Gasteiger partial charge on any atom is -0.409 e. The van der Waals surface area contributed by atoms with Gasteiger partial charge in [-0.15, -0.1) is 0 Å². The highest BCUT2D eigenvalue weighted by molar-refractivity contribution is 7.90. The van der Waals surface area contributed by atoms with Gasteiger partial charge in [0.05, 0.1) is 4.90 Å². The molecule has 64 heavy (non-hydrogen) atoms. The van der Waals surface area contributed by atoms with Crippen LogP contribution in [0.1, 0.15) is 197 Å². The molecule has 0 fully saturated rings. The Bertz CT molecular complexity index is 2440. The first-order valence-corrected chi connectivity index (χ1v) is 26.9. The van der Waals surface area contributed by atoms with Gasteiger partial charge in [0.1, 0.15) is 17.2 Å². The lowest BCUT2D eigenvalue weighted by atomic mass is 9.73. The molecule has 5 aromatic carbocycles. The molecule has 0 unspecified atom stereocenters. The van der Waals surface area contributed by atoms with Crippen molar-refractivity contribution in [3.05, 3.63) is 106 Å². The normalized spacial score (nSPS) is 13.6. The van der Waals surface area contributed by atoms with E-state index >= 15 is 0 Å². The Morgan fingerprint density at radius 3 is 1.06 bits per heavy atom. The summed E-state index contributed by atoms with van der Waals surface area (Å²) in [6.45, 7) is 41.4. The highest BCUT2D eigenvalue weighted by atomic mass is 32.2. The Hall–Kier alpha value is -3.60. The van der Waals surface area contributed by atoms with E-state index in [9.17, 15) is 8.42 Å². The lowest BCUT2D eigenvalue weighted by molar-refractivity contribution is 0.372. The second kappa shape index (κ2) is 18.6. The van der Waals surface area contributed by atoms with Gasteiger partial charge in [0.2, 0.25) is 0 Å². The summed E-state index contributed by atoms with van der Waals surface area (Å²) in [5.74, 6) is 1.92. The van der Waals surface area contributed by atoms with Crippen LogP contribution in [0.2, 0.25) is 0 Å². The van der Waals surface area contributed by atoms with E-state index in [1.54, 1.807) is 24.3 Å². The van der Waals surface area contributed by atoms with Crippen LogP contribution in [0, 0.1) is 0 Å². The van der Waals surface area contributed by atoms with Crippen LogP contribution < -0.4 is 13.6 Å². The molecule has 0 aliphatic heterocycles. The van der Waals surface area contributed by atoms with Crippen LogP contribution in [0.3, 0.4) is 0 Å². The predicted octanol–water partition coefficient (Wildman–Crippen LogP) is 17.3. The van der Waals surface area contributed by atoms with Crippen LogP contribution in [0.25, 0.3) is 21.5 Å². The van der Waals surface area contributed by atoms with Crippen LogP contribution in [0.15, 0.2) is 77.7 Å². The Balaban J connectivity index is 1.84. The summed E-state index contributed by atoms with van der Waals surface area (Å²) < 4.78 is 46.4. The summed E-state index contributed by atoms with van der Waals surface area (Å²) in [6.07, 6.45) is 7.02. The van der Waals surface area contributed by atoms with Gasteiger partial charge >= 0.3 is 8.60 Å². The van der Waals surface area contributed by atoms with Gasteiger partial charge < -0.3 is 13.6 Å². The van der Waals surface area contributed by atoms with E-state index in [1.165, 1.54) is 39.3 Å². The first-order chi connectivity index (χ1) is 29.5. The Labute approximate surface area is 390 Å². The molecular formula is C57H81O5PS. The van der Waals surface area contributed by atoms with Crippen molar-refractivity contribution < 1.29 is 22.0 Å². The smallest absolute Gasteiger partial charge is 0.409 e. The zero-order valence-electron chi connectivity index (χ0n) is 43.1. The summed E-state index contributed by atoms with van der Waals surface area (Å²) in [7, 11) is -5.58. The molecular weight excluding hydrogens is 828 g/mol. The molecule has 0 atom stereocenters. The van der Waals surface area contributed by atoms with E-state index in [1.807, 2.05) is 0 Å². The molecule has 0 aliphatic carbocycles. The van der Waals surface area contributed by atoms with Gasteiger partial charge in [-0.25, -0.2) is 8.42 Å². The van der Waals surface area contributed by atoms with Crippen LogP contribution in [-0.2, 0) is 42.3 Å². The highest BCUT2D eigenvalue weighted by Gasteiger charge is 2.34. The zero-order chi connectivity index (χ0) is 48.0. The Morgan fingerprint density at radius 1 is 0.422 bits per heavy atom. The molecule has 0 bridgehead atoms. The number of hydrogen-bond acceptors (Lipinski definition) is 5. The SMILES string of the molecule is CCC(C)(C)c1cc(C(C)(C)CC)c2cc(OP(Oc3ccc(S(C)(=O)=O)cc3)Oc3cc4c(C(C)(C)CC)cc(C(C)(C)CC)cc4cc3C(C)(C)CC)c(C(C)(C)CC)cc2c1. The van der Waals surface area contributed by atoms with Gasteiger partial charge in [0, 0.05) is 17.4 Å². The van der Waals surface area contributed by atoms with Crippen molar-refractivity contribution in [3.63, 3.8) is 0 Å². The van der Waals surface area contributed by atoms with E-state index in [-0.39, 0.29) is 37.4 Å². The lowest BCUT2D eigenvalue weighted by Gasteiger charge is -2.33. The molecule has 0 aromatic heterocycles. The molecule has 0 heterocycles. The van der Waals surface area contributed by atoms with Crippen LogP contribution in [0.5, 0.6) is 17.2 Å². The third-order valence-corrected chi connectivity index (χ3v) is 17.8. The molecule has 0 radical (unpaired) electrons. The average molecular weight is 909 g/mol. The van der Waals surface area contributed by atoms with Crippen molar-refractivity contribution in [1.82, 2.24) is 0 Å². The van der Waals surface area contributed by atoms with Gasteiger partial charge in [-0.2, -0.15) is 0 Å². The monoisotopic (exact) mass is 909 g/mol. The first kappa shape index (κ1) is 51.4. The fourth-order valence-electron chi connectivity index (χ4n) is 8.11. The van der Waals surface area contributed by atoms with Gasteiger partial charge in [0.25, 0.3) is 0 Å². The second-order valence-electron chi connectivity index (χ2n) is 22.4. The van der Waals surface area contributed by atoms with Crippen molar-refractivity contribution in [2.45, 2.75) is 201 Å². The largest absolute Gasteiger partial charge is 0.530 e. The molecule has 7 heteroatoms. The van der Waals surface area contributed by atoms with Crippen molar-refractivity contribution >= 4 is 40.0 Å². The molecule has 0 saturated carbocycles. The third kappa shape index (κ3) is 10.7. The van der Waals surface area contributed by atoms with E-state index < -0.39 is 18.4 Å². The van der Waals surface area contributed by atoms with Gasteiger partial charge in [-0.3, -0.25) is 0 Å². The fraction of sp³-hybridized carbons (Fsp3) is 0.544. The molecule has 5 nitrogen and oxygen atoms in total. The van der Waals surface area contributed by atoms with Gasteiger partial charge in [-0.1, -0.05) is 149 Å². The van der Waals surface area contributed by atoms with Crippen molar-refractivity contribution in [1.29, 1.82) is 0 Å². The highest BCUT2D eigenvalue weighted by Crippen LogP contribution is 2.52. The molecule has 0 amide bonds. The second-order valence-corrected chi connectivity index (χ2v) is 25.4.